The van der Waals surface area contributed by atoms with Gasteiger partial charge in [-0.05, 0) is 13.5 Å². The van der Waals surface area contributed by atoms with Gasteiger partial charge in [-0.3, -0.25) is 0 Å². The number of hydrogen-bond acceptors (Lipinski definition) is 2. The van der Waals surface area contributed by atoms with Crippen molar-refractivity contribution in [3.8, 4) is 0 Å². The Balaban J connectivity index is 3.46. The van der Waals surface area contributed by atoms with E-state index in [2.05, 4.69) is 6.58 Å². The first-order valence-electron chi connectivity index (χ1n) is 2.66. The van der Waals surface area contributed by atoms with Gasteiger partial charge in [0.05, 0.1) is 7.11 Å². The first kappa shape index (κ1) is 7.34. The first-order chi connectivity index (χ1) is 3.72. The molecule has 0 atom stereocenters. The van der Waals surface area contributed by atoms with Crippen molar-refractivity contribution in [2.24, 2.45) is 0 Å². The van der Waals surface area contributed by atoms with E-state index in [0.29, 0.717) is 5.88 Å². The molecule has 0 radical (unpaired) electrons. The highest BCUT2D eigenvalue weighted by molar-refractivity contribution is 4.78. The van der Waals surface area contributed by atoms with Crippen molar-refractivity contribution in [3.63, 3.8) is 0 Å². The third kappa shape index (κ3) is 1.87. The topological polar surface area (TPSA) is 12.5 Å². The molecule has 0 fully saturated rings. The van der Waals surface area contributed by atoms with Gasteiger partial charge in [0.2, 0.25) is 0 Å². The minimum Gasteiger partial charge on any atom is -0.483 e. The standard InChI is InChI=1S/C6H13NO/c1-5-7(3)6(2)8-4/h2,5H2,1,3-4H3. The second-order valence-electron chi connectivity index (χ2n) is 1.61. The molecular weight excluding hydrogens is 102 g/mol. The van der Waals surface area contributed by atoms with Crippen LogP contribution in [0.1, 0.15) is 6.92 Å². The highest BCUT2D eigenvalue weighted by Crippen LogP contribution is 1.95. The van der Waals surface area contributed by atoms with E-state index < -0.39 is 0 Å². The lowest BCUT2D eigenvalue weighted by atomic mass is 10.6. The van der Waals surface area contributed by atoms with Crippen molar-refractivity contribution in [1.82, 2.24) is 4.90 Å². The van der Waals surface area contributed by atoms with E-state index in [4.69, 9.17) is 4.74 Å². The Labute approximate surface area is 50.7 Å². The molecule has 0 aromatic heterocycles. The Morgan fingerprint density at radius 2 is 2.25 bits per heavy atom. The molecule has 0 aromatic carbocycles. The normalized spacial score (nSPS) is 8.38. The third-order valence-corrected chi connectivity index (χ3v) is 1.14. The average molecular weight is 115 g/mol. The maximum atomic E-state index is 4.83. The van der Waals surface area contributed by atoms with Crippen LogP contribution in [0.4, 0.5) is 0 Å². The Hall–Kier alpha value is -0.660. The molecule has 0 saturated carbocycles. The zero-order chi connectivity index (χ0) is 6.57. The minimum absolute atomic E-state index is 0.715. The monoisotopic (exact) mass is 115 g/mol. The molecule has 0 amide bonds. The van der Waals surface area contributed by atoms with Crippen LogP contribution in [0.15, 0.2) is 12.5 Å². The van der Waals surface area contributed by atoms with Crippen molar-refractivity contribution in [3.05, 3.63) is 12.5 Å². The second kappa shape index (κ2) is 3.36. The van der Waals surface area contributed by atoms with Gasteiger partial charge >= 0.3 is 0 Å². The smallest absolute Gasteiger partial charge is 0.181 e. The predicted octanol–water partition coefficient (Wildman–Crippen LogP) is 1.06. The van der Waals surface area contributed by atoms with Gasteiger partial charge in [-0.25, -0.2) is 0 Å². The minimum atomic E-state index is 0.715. The average Bonchev–Trinajstić information content (AvgIpc) is 1.84. The molecule has 2 heteroatoms. The summed E-state index contributed by atoms with van der Waals surface area (Å²) >= 11 is 0. The van der Waals surface area contributed by atoms with Crippen LogP contribution in [-0.2, 0) is 4.74 Å². The molecule has 0 rings (SSSR count). The highest BCUT2D eigenvalue weighted by atomic mass is 16.5. The van der Waals surface area contributed by atoms with Crippen molar-refractivity contribution in [2.75, 3.05) is 20.7 Å². The predicted molar refractivity (Wildman–Crippen MR) is 34.5 cm³/mol. The fraction of sp³-hybridized carbons (Fsp3) is 0.667. The molecule has 2 nitrogen and oxygen atoms in total. The fourth-order valence-electron chi connectivity index (χ4n) is 0.332. The van der Waals surface area contributed by atoms with Gasteiger partial charge in [0.15, 0.2) is 5.88 Å². The van der Waals surface area contributed by atoms with Gasteiger partial charge in [-0.2, -0.15) is 0 Å². The van der Waals surface area contributed by atoms with Crippen LogP contribution in [0.5, 0.6) is 0 Å². The summed E-state index contributed by atoms with van der Waals surface area (Å²) < 4.78 is 4.83. The van der Waals surface area contributed by atoms with E-state index in [9.17, 15) is 0 Å². The van der Waals surface area contributed by atoms with Gasteiger partial charge in [0.1, 0.15) is 0 Å². The quantitative estimate of drug-likeness (QED) is 0.510. The summed E-state index contributed by atoms with van der Waals surface area (Å²) in [7, 11) is 3.56. The molecule has 0 aliphatic carbocycles. The summed E-state index contributed by atoms with van der Waals surface area (Å²) in [5.41, 5.74) is 0. The lowest BCUT2D eigenvalue weighted by Crippen LogP contribution is -2.16. The molecule has 0 spiro atoms. The number of ether oxygens (including phenoxy) is 1. The lowest BCUT2D eigenvalue weighted by Gasteiger charge is -2.16. The van der Waals surface area contributed by atoms with Crippen LogP contribution in [0.25, 0.3) is 0 Å². The Morgan fingerprint density at radius 3 is 2.38 bits per heavy atom. The molecule has 8 heavy (non-hydrogen) atoms. The number of methoxy groups -OCH3 is 1. The fourth-order valence-corrected chi connectivity index (χ4v) is 0.332. The zero-order valence-electron chi connectivity index (χ0n) is 5.77. The molecule has 0 saturated heterocycles. The van der Waals surface area contributed by atoms with Crippen LogP contribution in [0, 0.1) is 0 Å². The van der Waals surface area contributed by atoms with Crippen LogP contribution in [-0.4, -0.2) is 25.6 Å². The van der Waals surface area contributed by atoms with Crippen LogP contribution < -0.4 is 0 Å². The molecular formula is C6H13NO. The van der Waals surface area contributed by atoms with Gasteiger partial charge in [-0.1, -0.05) is 0 Å². The summed E-state index contributed by atoms with van der Waals surface area (Å²) in [5.74, 6) is 0.715. The summed E-state index contributed by atoms with van der Waals surface area (Å²) in [6.07, 6.45) is 0. The maximum absolute atomic E-state index is 4.83. The molecule has 0 unspecified atom stereocenters. The van der Waals surface area contributed by atoms with Crippen molar-refractivity contribution in [1.29, 1.82) is 0 Å². The highest BCUT2D eigenvalue weighted by Gasteiger charge is 1.93. The van der Waals surface area contributed by atoms with Crippen LogP contribution >= 0.6 is 0 Å². The van der Waals surface area contributed by atoms with Crippen molar-refractivity contribution < 1.29 is 4.74 Å². The number of rotatable bonds is 3. The van der Waals surface area contributed by atoms with Gasteiger partial charge in [0.25, 0.3) is 0 Å². The summed E-state index contributed by atoms with van der Waals surface area (Å²) in [6.45, 7) is 6.63. The second-order valence-corrected chi connectivity index (χ2v) is 1.61. The first-order valence-corrected chi connectivity index (χ1v) is 2.66. The zero-order valence-corrected chi connectivity index (χ0v) is 5.77. The van der Waals surface area contributed by atoms with Gasteiger partial charge in [0, 0.05) is 13.6 Å². The molecule has 0 heterocycles. The van der Waals surface area contributed by atoms with Crippen molar-refractivity contribution in [2.45, 2.75) is 6.92 Å². The Bertz CT molecular complexity index is 80.6. The van der Waals surface area contributed by atoms with E-state index in [1.54, 1.807) is 7.11 Å². The van der Waals surface area contributed by atoms with E-state index in [0.717, 1.165) is 6.54 Å². The number of nitrogens with zero attached hydrogens (tertiary/aromatic N) is 1. The molecule has 0 aliphatic heterocycles. The van der Waals surface area contributed by atoms with Crippen molar-refractivity contribution >= 4 is 0 Å². The molecule has 0 aromatic rings. The van der Waals surface area contributed by atoms with E-state index in [1.165, 1.54) is 0 Å². The van der Waals surface area contributed by atoms with E-state index >= 15 is 0 Å². The molecule has 0 N–H and O–H groups in total. The van der Waals surface area contributed by atoms with E-state index in [1.807, 2.05) is 18.9 Å². The van der Waals surface area contributed by atoms with Crippen LogP contribution in [0.2, 0.25) is 0 Å². The Kier molecular flexibility index (Phi) is 3.08. The molecule has 0 bridgehead atoms. The molecule has 48 valence electrons. The van der Waals surface area contributed by atoms with Gasteiger partial charge in [-0.15, -0.1) is 0 Å². The van der Waals surface area contributed by atoms with Crippen LogP contribution in [0.3, 0.4) is 0 Å². The lowest BCUT2D eigenvalue weighted by molar-refractivity contribution is 0.181. The molecule has 0 aliphatic rings. The largest absolute Gasteiger partial charge is 0.483 e. The summed E-state index contributed by atoms with van der Waals surface area (Å²) in [6, 6.07) is 0. The van der Waals surface area contributed by atoms with Gasteiger partial charge < -0.3 is 9.64 Å². The Morgan fingerprint density at radius 1 is 1.75 bits per heavy atom. The summed E-state index contributed by atoms with van der Waals surface area (Å²) in [4.78, 5) is 1.93. The third-order valence-electron chi connectivity index (χ3n) is 1.14. The van der Waals surface area contributed by atoms with E-state index in [-0.39, 0.29) is 0 Å². The SMILES string of the molecule is C=C(OC)N(C)CC. The number of hydrogen-bond donors (Lipinski definition) is 0. The summed E-state index contributed by atoms with van der Waals surface area (Å²) in [5, 5.41) is 0. The maximum Gasteiger partial charge on any atom is 0.181 e.